The Labute approximate surface area is 77.6 Å². The Kier molecular flexibility index (Phi) is 2.85. The maximum Gasteiger partial charge on any atom is 0.219 e. The number of aromatic nitrogens is 1. The zero-order chi connectivity index (χ0) is 9.90. The molecule has 4 heteroatoms. The van der Waals surface area contributed by atoms with Gasteiger partial charge < -0.3 is 4.74 Å². The molecule has 1 rings (SSSR count). The lowest BCUT2D eigenvalue weighted by atomic mass is 10.00. The van der Waals surface area contributed by atoms with Crippen molar-refractivity contribution in [1.82, 2.24) is 4.98 Å². The van der Waals surface area contributed by atoms with Gasteiger partial charge in [-0.25, -0.2) is 10.9 Å². The van der Waals surface area contributed by atoms with Gasteiger partial charge in [0.05, 0.1) is 7.11 Å². The van der Waals surface area contributed by atoms with Crippen LogP contribution in [0.25, 0.3) is 0 Å². The van der Waals surface area contributed by atoms with Crippen molar-refractivity contribution in [3.63, 3.8) is 0 Å². The van der Waals surface area contributed by atoms with E-state index in [1.165, 1.54) is 0 Å². The smallest absolute Gasteiger partial charge is 0.219 e. The highest BCUT2D eigenvalue weighted by Crippen LogP contribution is 2.29. The van der Waals surface area contributed by atoms with E-state index in [1.807, 2.05) is 26.0 Å². The fraction of sp³-hybridized carbons (Fsp3) is 0.444. The van der Waals surface area contributed by atoms with Crippen LogP contribution in [0.5, 0.6) is 5.88 Å². The Morgan fingerprint density at radius 1 is 1.46 bits per heavy atom. The molecule has 0 atom stereocenters. The maximum absolute atomic E-state index is 5.18. The van der Waals surface area contributed by atoms with Gasteiger partial charge in [0.1, 0.15) is 5.60 Å². The van der Waals surface area contributed by atoms with Gasteiger partial charge in [0.15, 0.2) is 0 Å². The van der Waals surface area contributed by atoms with E-state index in [-0.39, 0.29) is 0 Å². The fourth-order valence-corrected chi connectivity index (χ4v) is 1.08. The predicted molar refractivity (Wildman–Crippen MR) is 49.1 cm³/mol. The summed E-state index contributed by atoms with van der Waals surface area (Å²) in [6.07, 6.45) is 1.66. The zero-order valence-corrected chi connectivity index (χ0v) is 8.07. The summed E-state index contributed by atoms with van der Waals surface area (Å²) in [6, 6.07) is 3.69. The highest BCUT2D eigenvalue weighted by atomic mass is 16.6. The van der Waals surface area contributed by atoms with Crippen LogP contribution < -0.4 is 10.6 Å². The Balaban J connectivity index is 3.12. The number of ether oxygens (including phenoxy) is 1. The third-order valence-corrected chi connectivity index (χ3v) is 1.91. The third-order valence-electron chi connectivity index (χ3n) is 1.91. The van der Waals surface area contributed by atoms with Crippen molar-refractivity contribution in [2.45, 2.75) is 19.4 Å². The number of nitrogens with zero attached hydrogens (tertiary/aromatic N) is 1. The fourth-order valence-electron chi connectivity index (χ4n) is 1.08. The normalized spacial score (nSPS) is 11.4. The molecule has 72 valence electrons. The van der Waals surface area contributed by atoms with Crippen molar-refractivity contribution < 1.29 is 9.57 Å². The highest BCUT2D eigenvalue weighted by Gasteiger charge is 2.24. The Morgan fingerprint density at radius 2 is 2.15 bits per heavy atom. The van der Waals surface area contributed by atoms with E-state index in [9.17, 15) is 0 Å². The molecule has 1 heterocycles. The molecule has 2 N–H and O–H groups in total. The molecular formula is C9H14N2O2. The molecule has 1 aromatic rings. The molecule has 0 radical (unpaired) electrons. The summed E-state index contributed by atoms with van der Waals surface area (Å²) in [7, 11) is 1.57. The first kappa shape index (κ1) is 9.95. The van der Waals surface area contributed by atoms with Crippen LogP contribution >= 0.6 is 0 Å². The van der Waals surface area contributed by atoms with Crippen LogP contribution in [0.4, 0.5) is 0 Å². The molecule has 0 aromatic carbocycles. The molecule has 0 spiro atoms. The van der Waals surface area contributed by atoms with Crippen molar-refractivity contribution >= 4 is 0 Å². The summed E-state index contributed by atoms with van der Waals surface area (Å²) in [5, 5.41) is 0. The summed E-state index contributed by atoms with van der Waals surface area (Å²) in [5.41, 5.74) is 0.250. The van der Waals surface area contributed by atoms with E-state index in [2.05, 4.69) is 4.98 Å². The number of rotatable bonds is 3. The minimum absolute atomic E-state index is 0.540. The van der Waals surface area contributed by atoms with Gasteiger partial charge in [0, 0.05) is 11.8 Å². The molecule has 0 aliphatic carbocycles. The number of hydrogen-bond donors (Lipinski definition) is 1. The van der Waals surface area contributed by atoms with Crippen molar-refractivity contribution in [1.29, 1.82) is 0 Å². The standard InChI is InChI=1S/C9H14N2O2/c1-9(2,13-10)7-5-4-6-11-8(7)12-3/h4-6H,10H2,1-3H3. The summed E-state index contributed by atoms with van der Waals surface area (Å²) < 4.78 is 5.09. The van der Waals surface area contributed by atoms with Crippen molar-refractivity contribution in [3.05, 3.63) is 23.9 Å². The Morgan fingerprint density at radius 3 is 2.69 bits per heavy atom. The molecular weight excluding hydrogens is 168 g/mol. The summed E-state index contributed by atoms with van der Waals surface area (Å²) in [6.45, 7) is 3.71. The molecule has 0 saturated heterocycles. The third kappa shape index (κ3) is 1.96. The number of hydrogen-bond acceptors (Lipinski definition) is 4. The van der Waals surface area contributed by atoms with Gasteiger partial charge in [-0.2, -0.15) is 0 Å². The minimum Gasteiger partial charge on any atom is -0.481 e. The average Bonchev–Trinajstić information content (AvgIpc) is 2.18. The SMILES string of the molecule is COc1ncccc1C(C)(C)ON. The van der Waals surface area contributed by atoms with Gasteiger partial charge in [-0.3, -0.25) is 4.84 Å². The molecule has 0 fully saturated rings. The van der Waals surface area contributed by atoms with E-state index in [0.29, 0.717) is 5.88 Å². The Hall–Kier alpha value is -1.13. The maximum atomic E-state index is 5.18. The van der Waals surface area contributed by atoms with Gasteiger partial charge in [0.25, 0.3) is 0 Å². The molecule has 0 saturated carbocycles. The minimum atomic E-state index is -0.584. The second-order valence-electron chi connectivity index (χ2n) is 3.19. The highest BCUT2D eigenvalue weighted by molar-refractivity contribution is 5.30. The summed E-state index contributed by atoms with van der Waals surface area (Å²) in [4.78, 5) is 8.90. The molecule has 0 amide bonds. The molecule has 1 aromatic heterocycles. The lowest BCUT2D eigenvalue weighted by Gasteiger charge is -2.23. The van der Waals surface area contributed by atoms with Gasteiger partial charge in [-0.15, -0.1) is 0 Å². The topological polar surface area (TPSA) is 57.4 Å². The largest absolute Gasteiger partial charge is 0.481 e. The van der Waals surface area contributed by atoms with Crippen LogP contribution in [-0.2, 0) is 10.4 Å². The number of methoxy groups -OCH3 is 1. The van der Waals surface area contributed by atoms with Crippen LogP contribution in [0, 0.1) is 0 Å². The molecule has 0 aliphatic rings. The van der Waals surface area contributed by atoms with Gasteiger partial charge in [0.2, 0.25) is 5.88 Å². The first-order chi connectivity index (χ1) is 6.11. The van der Waals surface area contributed by atoms with E-state index < -0.39 is 5.60 Å². The van der Waals surface area contributed by atoms with Crippen LogP contribution in [0.15, 0.2) is 18.3 Å². The first-order valence-corrected chi connectivity index (χ1v) is 3.99. The summed E-state index contributed by atoms with van der Waals surface area (Å²) in [5.74, 6) is 5.72. The van der Waals surface area contributed by atoms with Crippen molar-refractivity contribution in [2.75, 3.05) is 7.11 Å². The predicted octanol–water partition coefficient (Wildman–Crippen LogP) is 1.22. The Bertz CT molecular complexity index is 287. The zero-order valence-electron chi connectivity index (χ0n) is 8.07. The van der Waals surface area contributed by atoms with Crippen LogP contribution in [0.2, 0.25) is 0 Å². The lowest BCUT2D eigenvalue weighted by Crippen LogP contribution is -2.26. The number of pyridine rings is 1. The summed E-state index contributed by atoms with van der Waals surface area (Å²) >= 11 is 0. The van der Waals surface area contributed by atoms with Crippen LogP contribution in [0.3, 0.4) is 0 Å². The molecule has 4 nitrogen and oxygen atoms in total. The molecule has 0 bridgehead atoms. The van der Waals surface area contributed by atoms with Gasteiger partial charge in [-0.05, 0) is 26.0 Å². The molecule has 0 unspecified atom stereocenters. The molecule has 0 aliphatic heterocycles. The van der Waals surface area contributed by atoms with Gasteiger partial charge >= 0.3 is 0 Å². The van der Waals surface area contributed by atoms with Crippen molar-refractivity contribution in [3.8, 4) is 5.88 Å². The quantitative estimate of drug-likeness (QED) is 0.714. The van der Waals surface area contributed by atoms with E-state index in [4.69, 9.17) is 15.5 Å². The second kappa shape index (κ2) is 3.72. The molecule has 13 heavy (non-hydrogen) atoms. The monoisotopic (exact) mass is 182 g/mol. The van der Waals surface area contributed by atoms with Crippen molar-refractivity contribution in [2.24, 2.45) is 5.90 Å². The van der Waals surface area contributed by atoms with Gasteiger partial charge in [-0.1, -0.05) is 0 Å². The average molecular weight is 182 g/mol. The van der Waals surface area contributed by atoms with E-state index in [0.717, 1.165) is 5.56 Å². The number of nitrogens with two attached hydrogens (primary N) is 1. The van der Waals surface area contributed by atoms with Crippen LogP contribution in [-0.4, -0.2) is 12.1 Å². The first-order valence-electron chi connectivity index (χ1n) is 3.99. The second-order valence-corrected chi connectivity index (χ2v) is 3.19. The van der Waals surface area contributed by atoms with E-state index >= 15 is 0 Å². The lowest BCUT2D eigenvalue weighted by molar-refractivity contribution is -0.0254. The van der Waals surface area contributed by atoms with Crippen LogP contribution in [0.1, 0.15) is 19.4 Å². The van der Waals surface area contributed by atoms with E-state index in [1.54, 1.807) is 13.3 Å².